The van der Waals surface area contributed by atoms with Crippen molar-refractivity contribution in [1.29, 1.82) is 0 Å². The molecule has 3 aromatic heterocycles. The second-order valence-electron chi connectivity index (χ2n) is 10.1. The predicted molar refractivity (Wildman–Crippen MR) is 169 cm³/mol. The number of carbonyl (C=O) groups is 1. The number of benzene rings is 3. The van der Waals surface area contributed by atoms with Gasteiger partial charge in [-0.2, -0.15) is 5.10 Å². The molecule has 6 rings (SSSR count). The number of carbonyl (C=O) groups excluding carboxylic acids is 1. The molecule has 0 spiro atoms. The molecule has 4 N–H and O–H groups in total. The number of primary amides is 1. The summed E-state index contributed by atoms with van der Waals surface area (Å²) in [4.78, 5) is 20.8. The quantitative estimate of drug-likeness (QED) is 0.132. The van der Waals surface area contributed by atoms with Crippen LogP contribution in [0.25, 0.3) is 32.8 Å². The molecule has 1 amide bonds. The Morgan fingerprint density at radius 2 is 1.79 bits per heavy atom. The summed E-state index contributed by atoms with van der Waals surface area (Å²) in [5.74, 6) is 0.267. The molecule has 210 valence electrons. The van der Waals surface area contributed by atoms with E-state index in [2.05, 4.69) is 51.2 Å². The van der Waals surface area contributed by atoms with E-state index >= 15 is 0 Å². The third-order valence-corrected chi connectivity index (χ3v) is 7.55. The first-order chi connectivity index (χ1) is 20.5. The van der Waals surface area contributed by atoms with Crippen molar-refractivity contribution >= 4 is 45.0 Å². The van der Waals surface area contributed by atoms with Crippen LogP contribution in [-0.2, 0) is 19.5 Å². The Morgan fingerprint density at radius 1 is 0.905 bits per heavy atom. The maximum atomic E-state index is 11.7. The monoisotopic (exact) mass is 575 g/mol. The van der Waals surface area contributed by atoms with E-state index in [0.717, 1.165) is 75.3 Å². The molecular formula is C33H30ClN7O. The van der Waals surface area contributed by atoms with Gasteiger partial charge in [0.25, 0.3) is 0 Å². The standard InChI is InChI=1S/C33H30ClN7O/c34-30-16-22(6-8-26(30)24-4-2-1-3-5-24)18-37-14-15-41-21-23(19-39-41)10-13-38-33-28-11-12-36-20-29(28)27-9-7-25(32(35)42)17-31(27)40-33/h1-9,11-12,16-17,19-21,37H,10,13-15,18H2,(H2,35,42)(H,38,40). The Hall–Kier alpha value is -4.79. The van der Waals surface area contributed by atoms with Gasteiger partial charge in [-0.1, -0.05) is 60.1 Å². The smallest absolute Gasteiger partial charge is 0.248 e. The normalized spacial score (nSPS) is 11.3. The molecule has 0 bridgehead atoms. The fourth-order valence-electron chi connectivity index (χ4n) is 5.07. The Morgan fingerprint density at radius 3 is 2.62 bits per heavy atom. The molecule has 0 atom stereocenters. The zero-order valence-corrected chi connectivity index (χ0v) is 23.7. The van der Waals surface area contributed by atoms with Gasteiger partial charge < -0.3 is 16.4 Å². The summed E-state index contributed by atoms with van der Waals surface area (Å²) >= 11 is 6.56. The Balaban J connectivity index is 1.02. The van der Waals surface area contributed by atoms with Crippen LogP contribution < -0.4 is 16.4 Å². The Bertz CT molecular complexity index is 1870. The van der Waals surface area contributed by atoms with Crippen LogP contribution in [0.2, 0.25) is 5.02 Å². The molecule has 0 radical (unpaired) electrons. The minimum atomic E-state index is -0.478. The van der Waals surface area contributed by atoms with Gasteiger partial charge in [-0.05, 0) is 47.4 Å². The number of pyridine rings is 2. The van der Waals surface area contributed by atoms with E-state index in [1.165, 1.54) is 0 Å². The van der Waals surface area contributed by atoms with Crippen molar-refractivity contribution in [3.63, 3.8) is 0 Å². The predicted octanol–water partition coefficient (Wildman–Crippen LogP) is 5.84. The SMILES string of the molecule is NC(=O)c1ccc2c(c1)nc(NCCc1cnn(CCNCc3ccc(-c4ccccc4)c(Cl)c3)c1)c1ccncc12. The molecule has 42 heavy (non-hydrogen) atoms. The van der Waals surface area contributed by atoms with Crippen LogP contribution >= 0.6 is 11.6 Å². The summed E-state index contributed by atoms with van der Waals surface area (Å²) in [5, 5.41) is 15.1. The first kappa shape index (κ1) is 27.4. The third-order valence-electron chi connectivity index (χ3n) is 7.24. The molecule has 8 nitrogen and oxygen atoms in total. The van der Waals surface area contributed by atoms with Crippen molar-refractivity contribution in [3.05, 3.63) is 119 Å². The number of hydrogen-bond donors (Lipinski definition) is 3. The molecule has 3 heterocycles. The van der Waals surface area contributed by atoms with Gasteiger partial charge in [-0.25, -0.2) is 4.98 Å². The summed E-state index contributed by atoms with van der Waals surface area (Å²) in [7, 11) is 0. The van der Waals surface area contributed by atoms with Crippen LogP contribution in [0.1, 0.15) is 21.5 Å². The lowest BCUT2D eigenvalue weighted by molar-refractivity contribution is 0.100. The number of fused-ring (bicyclic) bond motifs is 3. The molecule has 3 aromatic carbocycles. The summed E-state index contributed by atoms with van der Waals surface area (Å²) in [6, 6.07) is 23.6. The second kappa shape index (κ2) is 12.4. The highest BCUT2D eigenvalue weighted by molar-refractivity contribution is 6.33. The molecule has 0 aliphatic carbocycles. The number of nitrogens with two attached hydrogens (primary N) is 1. The van der Waals surface area contributed by atoms with Crippen molar-refractivity contribution in [3.8, 4) is 11.1 Å². The zero-order valence-electron chi connectivity index (χ0n) is 22.9. The molecule has 0 fully saturated rings. The minimum absolute atomic E-state index is 0.427. The number of nitrogens with zero attached hydrogens (tertiary/aromatic N) is 4. The number of hydrogen-bond acceptors (Lipinski definition) is 6. The molecular weight excluding hydrogens is 546 g/mol. The van der Waals surface area contributed by atoms with Crippen molar-refractivity contribution in [2.45, 2.75) is 19.5 Å². The van der Waals surface area contributed by atoms with Gasteiger partial charge >= 0.3 is 0 Å². The fraction of sp³-hybridized carbons (Fsp3) is 0.152. The van der Waals surface area contributed by atoms with E-state index in [9.17, 15) is 4.79 Å². The highest BCUT2D eigenvalue weighted by Crippen LogP contribution is 2.30. The van der Waals surface area contributed by atoms with Crippen LogP contribution in [0, 0.1) is 0 Å². The number of aromatic nitrogens is 4. The Kier molecular flexibility index (Phi) is 8.07. The summed E-state index contributed by atoms with van der Waals surface area (Å²) in [5.41, 5.74) is 11.0. The van der Waals surface area contributed by atoms with E-state index in [1.54, 1.807) is 18.3 Å². The first-order valence-electron chi connectivity index (χ1n) is 13.8. The first-order valence-corrected chi connectivity index (χ1v) is 14.2. The van der Waals surface area contributed by atoms with E-state index in [1.807, 2.05) is 53.5 Å². The Labute approximate surface area is 248 Å². The van der Waals surface area contributed by atoms with E-state index in [0.29, 0.717) is 17.6 Å². The molecule has 0 saturated heterocycles. The van der Waals surface area contributed by atoms with Crippen LogP contribution in [0.15, 0.2) is 97.6 Å². The van der Waals surface area contributed by atoms with E-state index in [-0.39, 0.29) is 0 Å². The minimum Gasteiger partial charge on any atom is -0.369 e. The van der Waals surface area contributed by atoms with Gasteiger partial charge in [0.2, 0.25) is 5.91 Å². The van der Waals surface area contributed by atoms with Crippen molar-refractivity contribution < 1.29 is 4.79 Å². The van der Waals surface area contributed by atoms with E-state index in [4.69, 9.17) is 22.3 Å². The molecule has 9 heteroatoms. The van der Waals surface area contributed by atoms with Gasteiger partial charge in [0.15, 0.2) is 0 Å². The lowest BCUT2D eigenvalue weighted by Gasteiger charge is -2.11. The maximum Gasteiger partial charge on any atom is 0.248 e. The average Bonchev–Trinajstić information content (AvgIpc) is 3.47. The second-order valence-corrected chi connectivity index (χ2v) is 10.5. The van der Waals surface area contributed by atoms with Crippen molar-refractivity contribution in [2.24, 2.45) is 5.73 Å². The van der Waals surface area contributed by atoms with Crippen LogP contribution in [0.3, 0.4) is 0 Å². The molecule has 0 aliphatic heterocycles. The van der Waals surface area contributed by atoms with Crippen LogP contribution in [-0.4, -0.2) is 38.7 Å². The number of amides is 1. The van der Waals surface area contributed by atoms with Crippen molar-refractivity contribution in [2.75, 3.05) is 18.4 Å². The highest BCUT2D eigenvalue weighted by Gasteiger charge is 2.11. The van der Waals surface area contributed by atoms with Gasteiger partial charge in [-0.15, -0.1) is 0 Å². The van der Waals surface area contributed by atoms with Crippen molar-refractivity contribution in [1.82, 2.24) is 25.1 Å². The lowest BCUT2D eigenvalue weighted by Crippen LogP contribution is -2.19. The average molecular weight is 576 g/mol. The topological polar surface area (TPSA) is 111 Å². The largest absolute Gasteiger partial charge is 0.369 e. The van der Waals surface area contributed by atoms with Gasteiger partial charge in [-0.3, -0.25) is 14.5 Å². The fourth-order valence-corrected chi connectivity index (χ4v) is 5.38. The lowest BCUT2D eigenvalue weighted by atomic mass is 10.0. The number of rotatable bonds is 11. The molecule has 6 aromatic rings. The summed E-state index contributed by atoms with van der Waals surface area (Å²) in [6.07, 6.45) is 8.34. The number of halogens is 1. The molecule has 0 saturated carbocycles. The maximum absolute atomic E-state index is 11.7. The van der Waals surface area contributed by atoms with Crippen LogP contribution in [0.4, 0.5) is 5.82 Å². The zero-order chi connectivity index (χ0) is 28.9. The highest BCUT2D eigenvalue weighted by atomic mass is 35.5. The number of anilines is 1. The van der Waals surface area contributed by atoms with Crippen LogP contribution in [0.5, 0.6) is 0 Å². The summed E-state index contributed by atoms with van der Waals surface area (Å²) in [6.45, 7) is 2.95. The summed E-state index contributed by atoms with van der Waals surface area (Å²) < 4.78 is 1.95. The van der Waals surface area contributed by atoms with Gasteiger partial charge in [0.05, 0.1) is 18.3 Å². The van der Waals surface area contributed by atoms with E-state index < -0.39 is 5.91 Å². The van der Waals surface area contributed by atoms with Gasteiger partial charge in [0, 0.05) is 70.5 Å². The third kappa shape index (κ3) is 6.10. The molecule has 0 unspecified atom stereocenters. The molecule has 0 aliphatic rings. The number of nitrogens with one attached hydrogen (secondary N) is 2. The van der Waals surface area contributed by atoms with Gasteiger partial charge in [0.1, 0.15) is 5.82 Å².